The number of ether oxygens (including phenoxy) is 1. The van der Waals surface area contributed by atoms with Crippen LogP contribution in [-0.4, -0.2) is 22.9 Å². The Hall–Kier alpha value is -3.09. The van der Waals surface area contributed by atoms with E-state index in [0.717, 1.165) is 12.1 Å². The van der Waals surface area contributed by atoms with E-state index < -0.39 is 29.3 Å². The van der Waals surface area contributed by atoms with Crippen LogP contribution in [-0.2, 0) is 20.9 Å². The lowest BCUT2D eigenvalue weighted by Crippen LogP contribution is -2.38. The fourth-order valence-electron chi connectivity index (χ4n) is 3.57. The summed E-state index contributed by atoms with van der Waals surface area (Å²) < 4.78 is 46.0. The van der Waals surface area contributed by atoms with Crippen LogP contribution in [0, 0.1) is 17.5 Å². The Morgan fingerprint density at radius 2 is 1.87 bits per heavy atom. The van der Waals surface area contributed by atoms with Crippen LogP contribution in [0.4, 0.5) is 13.2 Å². The van der Waals surface area contributed by atoms with Crippen molar-refractivity contribution < 1.29 is 27.5 Å². The molecule has 158 valence electrons. The summed E-state index contributed by atoms with van der Waals surface area (Å²) in [7, 11) is 0. The van der Waals surface area contributed by atoms with Gasteiger partial charge in [-0.05, 0) is 56.2 Å². The second-order valence-electron chi connectivity index (χ2n) is 7.49. The zero-order valence-electron chi connectivity index (χ0n) is 16.9. The minimum atomic E-state index is -1.02. The number of rotatable bonds is 5. The van der Waals surface area contributed by atoms with E-state index in [1.807, 2.05) is 0 Å². The molecule has 3 rings (SSSR count). The molecule has 30 heavy (non-hydrogen) atoms. The van der Waals surface area contributed by atoms with Crippen molar-refractivity contribution in [2.45, 2.75) is 45.8 Å². The third-order valence-electron chi connectivity index (χ3n) is 4.96. The molecule has 0 spiro atoms. The highest BCUT2D eigenvalue weighted by molar-refractivity contribution is 5.96. The van der Waals surface area contributed by atoms with E-state index in [4.69, 9.17) is 4.74 Å². The van der Waals surface area contributed by atoms with Crippen molar-refractivity contribution in [1.82, 2.24) is 4.90 Å². The van der Waals surface area contributed by atoms with Gasteiger partial charge in [0, 0.05) is 18.0 Å². The summed E-state index contributed by atoms with van der Waals surface area (Å²) in [5.41, 5.74) is 1.46. The number of benzene rings is 2. The van der Waals surface area contributed by atoms with Crippen LogP contribution in [0.1, 0.15) is 44.2 Å². The van der Waals surface area contributed by atoms with E-state index >= 15 is 0 Å². The highest BCUT2D eigenvalue weighted by Gasteiger charge is 2.37. The van der Waals surface area contributed by atoms with Crippen molar-refractivity contribution in [3.63, 3.8) is 0 Å². The summed E-state index contributed by atoms with van der Waals surface area (Å²) in [6.45, 7) is 4.98. The predicted molar refractivity (Wildman–Crippen MR) is 105 cm³/mol. The summed E-state index contributed by atoms with van der Waals surface area (Å²) >= 11 is 0. The fourth-order valence-corrected chi connectivity index (χ4v) is 3.57. The average molecular weight is 417 g/mol. The van der Waals surface area contributed by atoms with Crippen molar-refractivity contribution in [3.05, 3.63) is 82.3 Å². The second kappa shape index (κ2) is 8.73. The van der Waals surface area contributed by atoms with Crippen molar-refractivity contribution in [3.8, 4) is 0 Å². The van der Waals surface area contributed by atoms with Gasteiger partial charge in [0.05, 0.1) is 18.2 Å². The molecule has 0 saturated heterocycles. The van der Waals surface area contributed by atoms with Crippen LogP contribution in [0.25, 0.3) is 0 Å². The lowest BCUT2D eigenvalue weighted by Gasteiger charge is -2.34. The quantitative estimate of drug-likeness (QED) is 0.654. The molecule has 1 aliphatic rings. The maximum absolute atomic E-state index is 13.8. The Morgan fingerprint density at radius 1 is 1.13 bits per heavy atom. The van der Waals surface area contributed by atoms with Gasteiger partial charge in [-0.15, -0.1) is 0 Å². The van der Waals surface area contributed by atoms with E-state index in [0.29, 0.717) is 16.8 Å². The number of esters is 1. The van der Waals surface area contributed by atoms with Gasteiger partial charge in [-0.25, -0.2) is 18.0 Å². The van der Waals surface area contributed by atoms with Gasteiger partial charge in [0.1, 0.15) is 5.82 Å². The molecule has 0 radical (unpaired) electrons. The maximum atomic E-state index is 13.8. The highest BCUT2D eigenvalue weighted by Crippen LogP contribution is 2.38. The fraction of sp³-hybridized carbons (Fsp3) is 0.304. The summed E-state index contributed by atoms with van der Waals surface area (Å²) in [6.07, 6.45) is -0.462. The normalized spacial score (nSPS) is 17.0. The van der Waals surface area contributed by atoms with Gasteiger partial charge in [0.25, 0.3) is 0 Å². The molecule has 1 aliphatic heterocycles. The molecule has 0 bridgehead atoms. The average Bonchev–Trinajstić information content (AvgIpc) is 2.66. The molecule has 1 amide bonds. The first kappa shape index (κ1) is 21.6. The van der Waals surface area contributed by atoms with Gasteiger partial charge in [0.15, 0.2) is 11.6 Å². The molecule has 7 heteroatoms. The molecular formula is C23H22F3NO3. The topological polar surface area (TPSA) is 46.6 Å². The Balaban J connectivity index is 2.04. The number of amides is 1. The molecule has 4 nitrogen and oxygen atoms in total. The first-order valence-electron chi connectivity index (χ1n) is 9.59. The number of carbonyl (C=O) groups is 2. The molecule has 1 heterocycles. The van der Waals surface area contributed by atoms with Crippen molar-refractivity contribution in [2.75, 3.05) is 0 Å². The second-order valence-corrected chi connectivity index (χ2v) is 7.49. The van der Waals surface area contributed by atoms with E-state index in [2.05, 4.69) is 0 Å². The van der Waals surface area contributed by atoms with Gasteiger partial charge in [-0.1, -0.05) is 18.2 Å². The molecule has 2 aromatic carbocycles. The van der Waals surface area contributed by atoms with E-state index in [-0.39, 0.29) is 30.5 Å². The SMILES string of the molecule is CC1=C(C(=O)OC(C)C)[C@@H](c2cccc(F)c2)CC(=O)N1Cc1ccc(F)c(F)c1. The largest absolute Gasteiger partial charge is 0.460 e. The molecule has 1 atom stereocenters. The summed E-state index contributed by atoms with van der Waals surface area (Å²) in [4.78, 5) is 27.1. The number of halogens is 3. The van der Waals surface area contributed by atoms with Gasteiger partial charge in [-0.2, -0.15) is 0 Å². The molecular weight excluding hydrogens is 395 g/mol. The summed E-state index contributed by atoms with van der Waals surface area (Å²) in [6, 6.07) is 9.13. The van der Waals surface area contributed by atoms with E-state index in [9.17, 15) is 22.8 Å². The lowest BCUT2D eigenvalue weighted by molar-refractivity contribution is -0.143. The van der Waals surface area contributed by atoms with Crippen LogP contribution >= 0.6 is 0 Å². The van der Waals surface area contributed by atoms with Crippen LogP contribution in [0.3, 0.4) is 0 Å². The highest BCUT2D eigenvalue weighted by atomic mass is 19.2. The van der Waals surface area contributed by atoms with E-state index in [1.165, 1.54) is 29.2 Å². The summed E-state index contributed by atoms with van der Waals surface area (Å²) in [5.74, 6) is -4.05. The van der Waals surface area contributed by atoms with Crippen LogP contribution in [0.2, 0.25) is 0 Å². The lowest BCUT2D eigenvalue weighted by atomic mass is 9.83. The first-order chi connectivity index (χ1) is 14.2. The molecule has 0 unspecified atom stereocenters. The Morgan fingerprint density at radius 3 is 2.50 bits per heavy atom. The molecule has 0 aliphatic carbocycles. The monoisotopic (exact) mass is 417 g/mol. The first-order valence-corrected chi connectivity index (χ1v) is 9.59. The predicted octanol–water partition coefficient (Wildman–Crippen LogP) is 4.85. The minimum Gasteiger partial charge on any atom is -0.460 e. The van der Waals surface area contributed by atoms with Crippen LogP contribution < -0.4 is 0 Å². The van der Waals surface area contributed by atoms with Gasteiger partial charge in [-0.3, -0.25) is 4.79 Å². The van der Waals surface area contributed by atoms with Crippen LogP contribution in [0.15, 0.2) is 53.7 Å². The van der Waals surface area contributed by atoms with Crippen molar-refractivity contribution in [2.24, 2.45) is 0 Å². The smallest absolute Gasteiger partial charge is 0.336 e. The summed E-state index contributed by atoms with van der Waals surface area (Å²) in [5, 5.41) is 0. The van der Waals surface area contributed by atoms with Crippen molar-refractivity contribution >= 4 is 11.9 Å². The number of allylic oxidation sites excluding steroid dienone is 1. The Bertz CT molecular complexity index is 1020. The maximum Gasteiger partial charge on any atom is 0.336 e. The minimum absolute atomic E-state index is 0.0316. The molecule has 2 aromatic rings. The molecule has 0 aromatic heterocycles. The van der Waals surface area contributed by atoms with E-state index in [1.54, 1.807) is 26.8 Å². The number of hydrogen-bond acceptors (Lipinski definition) is 3. The van der Waals surface area contributed by atoms with Gasteiger partial charge in [0.2, 0.25) is 5.91 Å². The third kappa shape index (κ3) is 4.56. The Kier molecular flexibility index (Phi) is 6.29. The van der Waals surface area contributed by atoms with Gasteiger partial charge < -0.3 is 9.64 Å². The third-order valence-corrected chi connectivity index (χ3v) is 4.96. The zero-order valence-corrected chi connectivity index (χ0v) is 16.9. The molecule has 0 saturated carbocycles. The number of carbonyl (C=O) groups excluding carboxylic acids is 2. The Labute approximate surface area is 173 Å². The number of hydrogen-bond donors (Lipinski definition) is 0. The standard InChI is InChI=1S/C23H22F3NO3/c1-13(2)30-23(29)22-14(3)27(12-15-7-8-19(25)20(26)9-15)21(28)11-18(22)16-5-4-6-17(24)10-16/h4-10,13,18H,11-12H2,1-3H3/t18-/m1/s1. The molecule has 0 N–H and O–H groups in total. The molecule has 0 fully saturated rings. The van der Waals surface area contributed by atoms with Crippen LogP contribution in [0.5, 0.6) is 0 Å². The number of nitrogens with zero attached hydrogens (tertiary/aromatic N) is 1. The van der Waals surface area contributed by atoms with Gasteiger partial charge >= 0.3 is 5.97 Å². The van der Waals surface area contributed by atoms with Crippen molar-refractivity contribution in [1.29, 1.82) is 0 Å². The zero-order chi connectivity index (χ0) is 22.0.